The predicted molar refractivity (Wildman–Crippen MR) is 429 cm³/mol. The number of alkyl halides is 2. The second kappa shape index (κ2) is 73.5. The number of rotatable bonds is 29. The first kappa shape index (κ1) is 120. The molecule has 0 heterocycles. The fourth-order valence-electron chi connectivity index (χ4n) is 5.14. The van der Waals surface area contributed by atoms with Crippen molar-refractivity contribution in [1.82, 2.24) is 0 Å². The molecule has 0 radical (unpaired) electrons. The molecule has 0 atom stereocenters. The van der Waals surface area contributed by atoms with Gasteiger partial charge in [-0.25, -0.2) is 0 Å². The first-order valence-electron chi connectivity index (χ1n) is 36.8. The van der Waals surface area contributed by atoms with Gasteiger partial charge in [-0.1, -0.05) is 53.4 Å². The molecule has 0 fully saturated rings. The highest BCUT2D eigenvalue weighted by atomic mass is 35.5. The maximum absolute atomic E-state index is 5.49. The minimum absolute atomic E-state index is 0.00788. The van der Waals surface area contributed by atoms with Gasteiger partial charge < -0.3 is 61.6 Å². The van der Waals surface area contributed by atoms with E-state index < -0.39 is 0 Å². The summed E-state index contributed by atoms with van der Waals surface area (Å²) in [6.45, 7) is 93.6. The first-order chi connectivity index (χ1) is 43.7. The van der Waals surface area contributed by atoms with Crippen LogP contribution in [0.3, 0.4) is 0 Å². The molecule has 0 aromatic carbocycles. The van der Waals surface area contributed by atoms with Crippen molar-refractivity contribution in [1.29, 1.82) is 0 Å². The zero-order valence-corrected chi connectivity index (χ0v) is 74.3. The van der Waals surface area contributed by atoms with Crippen molar-refractivity contribution in [3.05, 3.63) is 0 Å². The molecule has 13 nitrogen and oxygen atoms in total. The van der Waals surface area contributed by atoms with Crippen molar-refractivity contribution in [3.63, 3.8) is 0 Å². The Morgan fingerprint density at radius 1 is 0.227 bits per heavy atom. The Balaban J connectivity index is -0.0000000937. The zero-order chi connectivity index (χ0) is 79.2. The monoisotopic (exact) mass is 1440 g/mol. The summed E-state index contributed by atoms with van der Waals surface area (Å²) < 4.78 is 69.5. The van der Waals surface area contributed by atoms with Crippen LogP contribution in [0.25, 0.3) is 0 Å². The molecule has 0 saturated carbocycles. The summed E-state index contributed by atoms with van der Waals surface area (Å²) in [4.78, 5) is 0. The molecule has 0 aliphatic carbocycles. The number of unbranched alkanes of at least 4 members (excludes halogenated alkanes) is 2. The molecule has 0 bridgehead atoms. The highest BCUT2D eigenvalue weighted by molar-refractivity contribution is 6.18. The average molecular weight is 1440 g/mol. The number of terminal acetylenes is 2. The van der Waals surface area contributed by atoms with Crippen LogP contribution in [0.5, 0.6) is 0 Å². The van der Waals surface area contributed by atoms with Crippen molar-refractivity contribution in [3.8, 4) is 24.7 Å². The lowest BCUT2D eigenvalue weighted by Gasteiger charge is -2.19. The van der Waals surface area contributed by atoms with E-state index >= 15 is 0 Å². The van der Waals surface area contributed by atoms with Gasteiger partial charge in [0.25, 0.3) is 0 Å². The summed E-state index contributed by atoms with van der Waals surface area (Å²) in [5.74, 6) is 6.30. The lowest BCUT2D eigenvalue weighted by molar-refractivity contribution is -0.0424. The Bertz CT molecular complexity index is 1460. The summed E-state index contributed by atoms with van der Waals surface area (Å²) >= 11 is 10.9. The van der Waals surface area contributed by atoms with Crippen LogP contribution in [0.1, 0.15) is 341 Å². The van der Waals surface area contributed by atoms with E-state index in [0.29, 0.717) is 57.8 Å². The Morgan fingerprint density at radius 3 is 0.619 bits per heavy atom. The van der Waals surface area contributed by atoms with Crippen LogP contribution >= 0.6 is 23.2 Å². The lowest BCUT2D eigenvalue weighted by atomic mass is 10.2. The summed E-state index contributed by atoms with van der Waals surface area (Å²) in [6.07, 6.45) is 20.7. The standard InChI is InChI=1S/C11H24O3.2C8H18O.C8H14O.2C7H15ClO.2C7H16O.C7H12O.2C6H14O/c1-5-6-12-7-8-13-9-10-14-11(2,3)4;3*1-5-6-7-9-8(2,3)4;2*1-7(2,3)9-6-4-5-8;3*1-5-6-8-7(2,3)4;2*1-5-7-6(2,3)4/h5-10H2,1-4H3;2*5-7H2,1-4H3;1H,6-7H2,2-4H3;2*4-6H2,1-3H3;2*5-6H2,1-4H3;1H,6H2,2-4H3;2*5H2,1-4H3. The normalized spacial score (nSPS) is 11.8. The summed E-state index contributed by atoms with van der Waals surface area (Å²) in [6, 6.07) is 0. The molecule has 97 heavy (non-hydrogen) atoms. The van der Waals surface area contributed by atoms with Crippen LogP contribution in [-0.2, 0) is 61.6 Å². The summed E-state index contributed by atoms with van der Waals surface area (Å²) in [7, 11) is 0. The van der Waals surface area contributed by atoms with Gasteiger partial charge in [-0.2, -0.15) is 0 Å². The maximum atomic E-state index is 5.49. The molecule has 0 aliphatic heterocycles. The number of halogens is 2. The minimum atomic E-state index is -0.0909. The van der Waals surface area contributed by atoms with Gasteiger partial charge in [-0.15, -0.1) is 42.0 Å². The summed E-state index contributed by atoms with van der Waals surface area (Å²) in [5.41, 5.74) is 0.0866. The van der Waals surface area contributed by atoms with Gasteiger partial charge >= 0.3 is 0 Å². The van der Waals surface area contributed by atoms with Crippen LogP contribution in [0.4, 0.5) is 0 Å². The fraction of sp³-hybridized carbons (Fsp3) is 0.951. The Kier molecular flexibility index (Phi) is 91.0. The predicted octanol–water partition coefficient (Wildman–Crippen LogP) is 23.6. The van der Waals surface area contributed by atoms with Crippen molar-refractivity contribution < 1.29 is 61.6 Å². The van der Waals surface area contributed by atoms with Gasteiger partial charge in [0.1, 0.15) is 6.61 Å². The Labute approximate surface area is 619 Å². The first-order valence-corrected chi connectivity index (χ1v) is 37.9. The highest BCUT2D eigenvalue weighted by Gasteiger charge is 2.14. The smallest absolute Gasteiger partial charge is 0.108 e. The van der Waals surface area contributed by atoms with E-state index in [2.05, 4.69) is 171 Å². The van der Waals surface area contributed by atoms with E-state index in [0.717, 1.165) is 91.6 Å². The van der Waals surface area contributed by atoms with Gasteiger partial charge in [-0.05, 0) is 287 Å². The van der Waals surface area contributed by atoms with Gasteiger partial charge in [0.2, 0.25) is 0 Å². The topological polar surface area (TPSA) is 120 Å². The summed E-state index contributed by atoms with van der Waals surface area (Å²) in [5, 5.41) is 0. The molecule has 0 aromatic heterocycles. The van der Waals surface area contributed by atoms with Crippen molar-refractivity contribution in [2.45, 2.75) is 403 Å². The second-order valence-corrected chi connectivity index (χ2v) is 34.1. The van der Waals surface area contributed by atoms with Gasteiger partial charge in [0.15, 0.2) is 0 Å². The third-order valence-electron chi connectivity index (χ3n) is 9.18. The number of hydrogen-bond acceptors (Lipinski definition) is 13. The van der Waals surface area contributed by atoms with E-state index in [1.165, 1.54) is 25.7 Å². The largest absolute Gasteiger partial charge is 0.379 e. The lowest BCUT2D eigenvalue weighted by Crippen LogP contribution is -2.22. The second-order valence-electron chi connectivity index (χ2n) is 33.4. The molecule has 0 spiro atoms. The number of hydrogen-bond donors (Lipinski definition) is 0. The fourth-order valence-corrected chi connectivity index (χ4v) is 5.36. The van der Waals surface area contributed by atoms with Crippen LogP contribution in [0.15, 0.2) is 0 Å². The SMILES string of the molecule is C#CCCOC(C)(C)C.C#CCOC(C)(C)C.CC(C)(C)OCCCCl.CC(C)(C)OCCCCl.CCCCOC(C)(C)C.CCCCOC(C)(C)C.CCCOC(C)(C)C.CCCOC(C)(C)C.CCCOCCOCCOC(C)(C)C.CCOC(C)(C)C.CCOC(C)(C)C. The molecular weight excluding hydrogens is 1260 g/mol. The van der Waals surface area contributed by atoms with Gasteiger partial charge in [0.05, 0.1) is 94.6 Å². The molecule has 596 valence electrons. The van der Waals surface area contributed by atoms with Crippen LogP contribution < -0.4 is 0 Å². The van der Waals surface area contributed by atoms with E-state index in [9.17, 15) is 0 Å². The quantitative estimate of drug-likeness (QED) is 0.0402. The molecule has 0 amide bonds. The molecule has 0 aliphatic rings. The maximum Gasteiger partial charge on any atom is 0.108 e. The molecule has 0 unspecified atom stereocenters. The molecule has 0 rings (SSSR count). The van der Waals surface area contributed by atoms with E-state index in [1.807, 2.05) is 118 Å². The van der Waals surface area contributed by atoms with Crippen molar-refractivity contribution in [2.24, 2.45) is 0 Å². The van der Waals surface area contributed by atoms with Crippen LogP contribution in [-0.4, -0.2) is 172 Å². The molecule has 0 N–H and O–H groups in total. The zero-order valence-electron chi connectivity index (χ0n) is 72.8. The van der Waals surface area contributed by atoms with Crippen molar-refractivity contribution in [2.75, 3.05) is 111 Å². The Morgan fingerprint density at radius 2 is 0.443 bits per heavy atom. The van der Waals surface area contributed by atoms with Gasteiger partial charge in [-0.3, -0.25) is 0 Å². The molecule has 0 aromatic rings. The van der Waals surface area contributed by atoms with E-state index in [1.54, 1.807) is 0 Å². The van der Waals surface area contributed by atoms with E-state index in [4.69, 9.17) is 97.6 Å². The van der Waals surface area contributed by atoms with Crippen molar-refractivity contribution >= 4 is 23.2 Å². The minimum Gasteiger partial charge on any atom is -0.379 e. The molecule has 15 heteroatoms. The average Bonchev–Trinajstić information content (AvgIpc) is 3.46. The van der Waals surface area contributed by atoms with Crippen LogP contribution in [0, 0.1) is 24.7 Å². The Hall–Kier alpha value is -0.820. The third-order valence-corrected chi connectivity index (χ3v) is 9.71. The number of ether oxygens (including phenoxy) is 13. The molecule has 0 saturated heterocycles. The van der Waals surface area contributed by atoms with E-state index in [-0.39, 0.29) is 61.6 Å². The van der Waals surface area contributed by atoms with Crippen LogP contribution in [0.2, 0.25) is 0 Å². The van der Waals surface area contributed by atoms with Gasteiger partial charge in [0, 0.05) is 77.6 Å². The third kappa shape index (κ3) is 207. The molecular formula is C82H176Cl2O13. The highest BCUT2D eigenvalue weighted by Crippen LogP contribution is 2.13.